The number of aliphatic hydroxyl groups is 5. The fourth-order valence-electron chi connectivity index (χ4n) is 6.62. The highest BCUT2D eigenvalue weighted by Gasteiger charge is 2.48. The van der Waals surface area contributed by atoms with Crippen molar-refractivity contribution < 1.29 is 57.0 Å². The zero-order chi connectivity index (χ0) is 40.7. The number of rotatable bonds is 35. The van der Waals surface area contributed by atoms with Crippen LogP contribution in [0.15, 0.2) is 24.3 Å². The molecule has 0 aromatic rings. The SMILES string of the molecule is CCCC/C=C\CCCCCC(O)C(=O)NC(COC1OC(CO)C(O)C(OS(=O)(=O)O)C1O)C(O)/C=C/CCCCCCCCCCCCCCCCC. The molecular weight excluding hydrogens is 731 g/mol. The first-order valence-corrected chi connectivity index (χ1v) is 22.7. The summed E-state index contributed by atoms with van der Waals surface area (Å²) in [7, 11) is -5.11. The molecular formula is C41H77NO12S. The predicted octanol–water partition coefficient (Wildman–Crippen LogP) is 6.35. The van der Waals surface area contributed by atoms with Crippen molar-refractivity contribution in [3.8, 4) is 0 Å². The van der Waals surface area contributed by atoms with Gasteiger partial charge in [-0.25, -0.2) is 4.18 Å². The Hall–Kier alpha value is -1.46. The summed E-state index contributed by atoms with van der Waals surface area (Å²) in [5.74, 6) is -0.718. The Morgan fingerprint density at radius 3 is 1.75 bits per heavy atom. The van der Waals surface area contributed by atoms with Crippen LogP contribution in [0.1, 0.15) is 168 Å². The van der Waals surface area contributed by atoms with E-state index in [4.69, 9.17) is 14.0 Å². The van der Waals surface area contributed by atoms with Crippen LogP contribution in [0.5, 0.6) is 0 Å². The number of hydrogen-bond donors (Lipinski definition) is 7. The highest BCUT2D eigenvalue weighted by molar-refractivity contribution is 7.80. The van der Waals surface area contributed by atoms with Gasteiger partial charge in [-0.15, -0.1) is 0 Å². The lowest BCUT2D eigenvalue weighted by Gasteiger charge is -2.41. The molecule has 1 saturated heterocycles. The number of amides is 1. The van der Waals surface area contributed by atoms with E-state index in [9.17, 15) is 38.7 Å². The van der Waals surface area contributed by atoms with Crippen molar-refractivity contribution in [3.63, 3.8) is 0 Å². The topological polar surface area (TPSA) is 212 Å². The monoisotopic (exact) mass is 808 g/mol. The summed E-state index contributed by atoms with van der Waals surface area (Å²) in [5, 5.41) is 54.9. The van der Waals surface area contributed by atoms with Crippen molar-refractivity contribution in [3.05, 3.63) is 24.3 Å². The molecule has 0 bridgehead atoms. The van der Waals surface area contributed by atoms with Crippen molar-refractivity contribution in [1.29, 1.82) is 0 Å². The lowest BCUT2D eigenvalue weighted by atomic mass is 9.99. The fraction of sp³-hybridized carbons (Fsp3) is 0.878. The molecule has 0 saturated carbocycles. The molecule has 1 fully saturated rings. The van der Waals surface area contributed by atoms with E-state index < -0.39 is 78.5 Å². The summed E-state index contributed by atoms with van der Waals surface area (Å²) in [6, 6.07) is -1.12. The van der Waals surface area contributed by atoms with Crippen molar-refractivity contribution in [2.45, 2.75) is 217 Å². The second-order valence-corrected chi connectivity index (χ2v) is 16.1. The smallest absolute Gasteiger partial charge is 0.394 e. The van der Waals surface area contributed by atoms with E-state index in [-0.39, 0.29) is 6.42 Å². The lowest BCUT2D eigenvalue weighted by Crippen LogP contribution is -2.61. The van der Waals surface area contributed by atoms with Crippen LogP contribution in [0.4, 0.5) is 0 Å². The molecule has 1 heterocycles. The minimum atomic E-state index is -5.11. The summed E-state index contributed by atoms with van der Waals surface area (Å²) in [4.78, 5) is 13.0. The van der Waals surface area contributed by atoms with Crippen LogP contribution in [0.25, 0.3) is 0 Å². The van der Waals surface area contributed by atoms with Gasteiger partial charge in [-0.2, -0.15) is 8.42 Å². The Morgan fingerprint density at radius 2 is 1.22 bits per heavy atom. The average molecular weight is 808 g/mol. The second kappa shape index (κ2) is 32.5. The molecule has 7 N–H and O–H groups in total. The Kier molecular flexibility index (Phi) is 30.5. The van der Waals surface area contributed by atoms with E-state index in [1.807, 2.05) is 6.08 Å². The molecule has 324 valence electrons. The third kappa shape index (κ3) is 25.5. The molecule has 8 atom stereocenters. The minimum absolute atomic E-state index is 0.221. The van der Waals surface area contributed by atoms with Crippen LogP contribution in [-0.2, 0) is 28.9 Å². The molecule has 8 unspecified atom stereocenters. The maximum absolute atomic E-state index is 13.0. The first-order chi connectivity index (χ1) is 26.4. The summed E-state index contributed by atoms with van der Waals surface area (Å²) in [6.45, 7) is 3.13. The van der Waals surface area contributed by atoms with E-state index in [0.29, 0.717) is 12.8 Å². The van der Waals surface area contributed by atoms with Gasteiger partial charge in [0.05, 0.1) is 25.4 Å². The first-order valence-electron chi connectivity index (χ1n) is 21.3. The Bertz CT molecular complexity index is 1110. The fourth-order valence-corrected chi connectivity index (χ4v) is 7.13. The van der Waals surface area contributed by atoms with Crippen molar-refractivity contribution in [2.75, 3.05) is 13.2 Å². The molecule has 1 aliphatic heterocycles. The zero-order valence-electron chi connectivity index (χ0n) is 33.9. The van der Waals surface area contributed by atoms with Gasteiger partial charge in [0.25, 0.3) is 0 Å². The van der Waals surface area contributed by atoms with Gasteiger partial charge in [-0.3, -0.25) is 9.35 Å². The number of carbonyl (C=O) groups excluding carboxylic acids is 1. The molecule has 0 aliphatic carbocycles. The Balaban J connectivity index is 2.63. The molecule has 0 spiro atoms. The maximum Gasteiger partial charge on any atom is 0.397 e. The molecule has 1 amide bonds. The molecule has 13 nitrogen and oxygen atoms in total. The highest BCUT2D eigenvalue weighted by Crippen LogP contribution is 2.26. The van der Waals surface area contributed by atoms with Crippen LogP contribution in [-0.4, -0.2) is 107 Å². The largest absolute Gasteiger partial charge is 0.397 e. The van der Waals surface area contributed by atoms with E-state index >= 15 is 0 Å². The molecule has 0 radical (unpaired) electrons. The summed E-state index contributed by atoms with van der Waals surface area (Å²) in [5.41, 5.74) is 0. The predicted molar refractivity (Wildman–Crippen MR) is 215 cm³/mol. The normalized spacial score (nSPS) is 22.4. The van der Waals surface area contributed by atoms with Crippen molar-refractivity contribution >= 4 is 16.3 Å². The zero-order valence-corrected chi connectivity index (χ0v) is 34.7. The van der Waals surface area contributed by atoms with Gasteiger partial charge in [0, 0.05) is 0 Å². The lowest BCUT2D eigenvalue weighted by molar-refractivity contribution is -0.298. The number of unbranched alkanes of at least 4 members (excludes halogenated alkanes) is 20. The maximum atomic E-state index is 13.0. The molecule has 14 heteroatoms. The summed E-state index contributed by atoms with van der Waals surface area (Å²) < 4.78 is 47.3. The van der Waals surface area contributed by atoms with Gasteiger partial charge in [-0.05, 0) is 38.5 Å². The first kappa shape index (κ1) is 51.6. The Labute approximate surface area is 332 Å². The third-order valence-corrected chi connectivity index (χ3v) is 10.5. The van der Waals surface area contributed by atoms with Crippen molar-refractivity contribution in [2.24, 2.45) is 0 Å². The number of ether oxygens (including phenoxy) is 2. The number of carbonyl (C=O) groups is 1. The van der Waals surface area contributed by atoms with Crippen molar-refractivity contribution in [1.82, 2.24) is 5.32 Å². The van der Waals surface area contributed by atoms with Crippen LogP contribution in [0.2, 0.25) is 0 Å². The van der Waals surface area contributed by atoms with Gasteiger partial charge in [-0.1, -0.05) is 154 Å². The van der Waals surface area contributed by atoms with Gasteiger partial charge < -0.3 is 40.3 Å². The van der Waals surface area contributed by atoms with Crippen LogP contribution in [0.3, 0.4) is 0 Å². The number of hydrogen-bond acceptors (Lipinski definition) is 11. The standard InChI is InChI=1S/C41H77NO12S/c1-3-5-7-9-11-13-14-15-16-17-18-19-20-22-23-25-27-29-34(44)33(42-40(48)35(45)30-28-26-24-21-12-10-8-6-4-2)32-52-41-38(47)39(54-55(49,50)51)37(46)36(31-43)53-41/h10,12,27,29,33-39,41,43-47H,3-9,11,13-26,28,30-32H2,1-2H3,(H,42,48)(H,49,50,51)/b12-10-,29-27+. The molecule has 55 heavy (non-hydrogen) atoms. The minimum Gasteiger partial charge on any atom is -0.394 e. The van der Waals surface area contributed by atoms with E-state index in [2.05, 4.69) is 35.5 Å². The van der Waals surface area contributed by atoms with Gasteiger partial charge in [0.15, 0.2) is 6.29 Å². The summed E-state index contributed by atoms with van der Waals surface area (Å²) >= 11 is 0. The third-order valence-electron chi connectivity index (χ3n) is 10.1. The van der Waals surface area contributed by atoms with Crippen LogP contribution < -0.4 is 5.32 Å². The van der Waals surface area contributed by atoms with Gasteiger partial charge in [0.1, 0.15) is 30.5 Å². The highest BCUT2D eigenvalue weighted by atomic mass is 32.3. The quantitative estimate of drug-likeness (QED) is 0.0212. The number of nitrogens with one attached hydrogen (secondary N) is 1. The van der Waals surface area contributed by atoms with E-state index in [1.165, 1.54) is 83.1 Å². The van der Waals surface area contributed by atoms with Gasteiger partial charge in [0.2, 0.25) is 5.91 Å². The number of aliphatic hydroxyl groups excluding tert-OH is 5. The van der Waals surface area contributed by atoms with Gasteiger partial charge >= 0.3 is 10.4 Å². The molecule has 0 aromatic carbocycles. The molecule has 0 aromatic heterocycles. The van der Waals surface area contributed by atoms with E-state index in [1.54, 1.807) is 0 Å². The van der Waals surface area contributed by atoms with Crippen LogP contribution in [0, 0.1) is 0 Å². The Morgan fingerprint density at radius 1 is 0.727 bits per heavy atom. The molecule has 1 rings (SSSR count). The van der Waals surface area contributed by atoms with Crippen LogP contribution >= 0.6 is 0 Å². The summed E-state index contributed by atoms with van der Waals surface area (Å²) in [6.07, 6.45) is 22.8. The van der Waals surface area contributed by atoms with E-state index in [0.717, 1.165) is 57.8 Å². The number of allylic oxidation sites excluding steroid dienone is 3. The molecule has 1 aliphatic rings. The second-order valence-electron chi connectivity index (χ2n) is 15.1. The average Bonchev–Trinajstić information content (AvgIpc) is 3.15.